The third-order valence-electron chi connectivity index (χ3n) is 0.718. The van der Waals surface area contributed by atoms with E-state index in [1.54, 1.807) is 0 Å². The maximum atomic E-state index is 5.40. The third-order valence-corrected chi connectivity index (χ3v) is 1.15. The van der Waals surface area contributed by atoms with Gasteiger partial charge in [-0.05, 0) is 12.8 Å². The highest BCUT2D eigenvalue weighted by Gasteiger charge is 1.74. The molecule has 8 heavy (non-hydrogen) atoms. The molecule has 0 unspecified atom stereocenters. The molecule has 0 aliphatic carbocycles. The van der Waals surface area contributed by atoms with Crippen LogP contribution in [0.3, 0.4) is 0 Å². The molecule has 0 N–H and O–H groups in total. The maximum absolute atomic E-state index is 5.40. The Balaban J connectivity index is 2.83. The highest BCUT2D eigenvalue weighted by atomic mass is 35.5. The molecule has 0 aromatic carbocycles. The summed E-state index contributed by atoms with van der Waals surface area (Å²) >= 11 is 10.8. The van der Waals surface area contributed by atoms with Crippen molar-refractivity contribution < 1.29 is 0 Å². The van der Waals surface area contributed by atoms with Crippen LogP contribution < -0.4 is 0 Å². The van der Waals surface area contributed by atoms with Crippen LogP contribution in [0.5, 0.6) is 0 Å². The van der Waals surface area contributed by atoms with Crippen LogP contribution in [-0.2, 0) is 0 Å². The lowest BCUT2D eigenvalue weighted by molar-refractivity contribution is 1.17. The van der Waals surface area contributed by atoms with E-state index < -0.39 is 0 Å². The summed E-state index contributed by atoms with van der Waals surface area (Å²) in [7, 11) is 0. The quantitative estimate of drug-likeness (QED) is 0.430. The van der Waals surface area contributed by atoms with Gasteiger partial charge in [-0.1, -0.05) is 12.2 Å². The zero-order valence-corrected chi connectivity index (χ0v) is 6.25. The first-order valence-electron chi connectivity index (χ1n) is 2.68. The molecule has 0 heterocycles. The Labute approximate surface area is 60.5 Å². The Kier molecular flexibility index (Phi) is 7.61. The summed E-state index contributed by atoms with van der Waals surface area (Å²) in [5, 5.41) is 0. The highest BCUT2D eigenvalue weighted by molar-refractivity contribution is 6.18. The first kappa shape index (κ1) is 8.32. The summed E-state index contributed by atoms with van der Waals surface area (Å²) in [6, 6.07) is 0. The minimum absolute atomic E-state index is 0.707. The van der Waals surface area contributed by atoms with Crippen LogP contribution in [0.25, 0.3) is 0 Å². The molecule has 0 aliphatic heterocycles. The smallest absolute Gasteiger partial charge is 0.0257 e. The van der Waals surface area contributed by atoms with E-state index in [-0.39, 0.29) is 0 Å². The normalized spacial score (nSPS) is 10.8. The van der Waals surface area contributed by atoms with Gasteiger partial charge in [0.25, 0.3) is 0 Å². The number of rotatable bonds is 4. The standard InChI is InChI=1S/C6H10Cl2/c7-5-3-1-2-4-6-8/h1-2H,3-6H2. The number of halogens is 2. The lowest BCUT2D eigenvalue weighted by Crippen LogP contribution is -1.68. The van der Waals surface area contributed by atoms with Gasteiger partial charge in [0.2, 0.25) is 0 Å². The van der Waals surface area contributed by atoms with Gasteiger partial charge < -0.3 is 0 Å². The first-order valence-corrected chi connectivity index (χ1v) is 3.75. The second-order valence-corrected chi connectivity index (χ2v) is 2.18. The van der Waals surface area contributed by atoms with Gasteiger partial charge in [0.05, 0.1) is 0 Å². The minimum atomic E-state index is 0.707. The van der Waals surface area contributed by atoms with Crippen molar-refractivity contribution in [3.8, 4) is 0 Å². The van der Waals surface area contributed by atoms with Crippen LogP contribution >= 0.6 is 23.2 Å². The summed E-state index contributed by atoms with van der Waals surface area (Å²) in [6.07, 6.45) is 6.02. The third kappa shape index (κ3) is 6.32. The van der Waals surface area contributed by atoms with Gasteiger partial charge in [-0.15, -0.1) is 23.2 Å². The zero-order valence-electron chi connectivity index (χ0n) is 4.74. The number of hydrogen-bond donors (Lipinski definition) is 0. The molecule has 0 atom stereocenters. The van der Waals surface area contributed by atoms with Crippen molar-refractivity contribution in [2.45, 2.75) is 12.8 Å². The van der Waals surface area contributed by atoms with Gasteiger partial charge in [-0.3, -0.25) is 0 Å². The van der Waals surface area contributed by atoms with E-state index in [2.05, 4.69) is 12.2 Å². The van der Waals surface area contributed by atoms with Gasteiger partial charge in [0.15, 0.2) is 0 Å². The summed E-state index contributed by atoms with van der Waals surface area (Å²) in [6.45, 7) is 0. The summed E-state index contributed by atoms with van der Waals surface area (Å²) in [4.78, 5) is 0. The molecule has 0 spiro atoms. The van der Waals surface area contributed by atoms with Crippen LogP contribution in [0.15, 0.2) is 12.2 Å². The average Bonchev–Trinajstić information content (AvgIpc) is 1.81. The molecule has 0 aromatic rings. The molecule has 0 radical (unpaired) electrons. The Morgan fingerprint density at radius 2 is 1.25 bits per heavy atom. The van der Waals surface area contributed by atoms with Crippen molar-refractivity contribution in [2.24, 2.45) is 0 Å². The molecule has 0 amide bonds. The van der Waals surface area contributed by atoms with Gasteiger partial charge in [-0.25, -0.2) is 0 Å². The molecular formula is C6H10Cl2. The van der Waals surface area contributed by atoms with Gasteiger partial charge in [-0.2, -0.15) is 0 Å². The van der Waals surface area contributed by atoms with E-state index in [9.17, 15) is 0 Å². The number of allylic oxidation sites excluding steroid dienone is 2. The molecule has 0 nitrogen and oxygen atoms in total. The minimum Gasteiger partial charge on any atom is -0.126 e. The van der Waals surface area contributed by atoms with Crippen molar-refractivity contribution in [3.63, 3.8) is 0 Å². The monoisotopic (exact) mass is 152 g/mol. The lowest BCUT2D eigenvalue weighted by atomic mass is 10.3. The SMILES string of the molecule is ClCCC=CCCCl. The lowest BCUT2D eigenvalue weighted by Gasteiger charge is -1.81. The van der Waals surface area contributed by atoms with E-state index in [1.807, 2.05) is 0 Å². The van der Waals surface area contributed by atoms with Gasteiger partial charge >= 0.3 is 0 Å². The molecule has 0 bridgehead atoms. The Bertz CT molecular complexity index is 51.5. The Morgan fingerprint density at radius 3 is 1.50 bits per heavy atom. The molecule has 0 saturated heterocycles. The number of hydrogen-bond acceptors (Lipinski definition) is 0. The van der Waals surface area contributed by atoms with E-state index in [4.69, 9.17) is 23.2 Å². The topological polar surface area (TPSA) is 0 Å². The van der Waals surface area contributed by atoms with Crippen molar-refractivity contribution in [3.05, 3.63) is 12.2 Å². The van der Waals surface area contributed by atoms with Crippen LogP contribution in [0.4, 0.5) is 0 Å². The first-order chi connectivity index (χ1) is 3.91. The second-order valence-electron chi connectivity index (χ2n) is 1.43. The molecule has 0 aromatic heterocycles. The zero-order chi connectivity index (χ0) is 6.24. The fourth-order valence-corrected chi connectivity index (χ4v) is 0.614. The van der Waals surface area contributed by atoms with Gasteiger partial charge in [0.1, 0.15) is 0 Å². The molecular weight excluding hydrogens is 143 g/mol. The van der Waals surface area contributed by atoms with Crippen molar-refractivity contribution in [1.29, 1.82) is 0 Å². The van der Waals surface area contributed by atoms with E-state index in [0.717, 1.165) is 12.8 Å². The summed E-state index contributed by atoms with van der Waals surface area (Å²) in [5.74, 6) is 1.41. The molecule has 48 valence electrons. The summed E-state index contributed by atoms with van der Waals surface area (Å²) in [5.41, 5.74) is 0. The largest absolute Gasteiger partial charge is 0.126 e. The number of alkyl halides is 2. The van der Waals surface area contributed by atoms with Crippen LogP contribution in [-0.4, -0.2) is 11.8 Å². The van der Waals surface area contributed by atoms with E-state index >= 15 is 0 Å². The predicted octanol–water partition coefficient (Wildman–Crippen LogP) is 2.80. The maximum Gasteiger partial charge on any atom is 0.0257 e. The van der Waals surface area contributed by atoms with Crippen molar-refractivity contribution in [2.75, 3.05) is 11.8 Å². The summed E-state index contributed by atoms with van der Waals surface area (Å²) < 4.78 is 0. The molecule has 0 aliphatic rings. The second kappa shape index (κ2) is 7.32. The molecule has 0 saturated carbocycles. The van der Waals surface area contributed by atoms with Crippen LogP contribution in [0.2, 0.25) is 0 Å². The molecule has 0 rings (SSSR count). The highest BCUT2D eigenvalue weighted by Crippen LogP contribution is 1.90. The average molecular weight is 153 g/mol. The molecule has 0 fully saturated rings. The Hall–Kier alpha value is 0.320. The molecule has 2 heteroatoms. The fourth-order valence-electron chi connectivity index (χ4n) is 0.362. The van der Waals surface area contributed by atoms with E-state index in [1.165, 1.54) is 0 Å². The van der Waals surface area contributed by atoms with Gasteiger partial charge in [0, 0.05) is 11.8 Å². The van der Waals surface area contributed by atoms with E-state index in [0.29, 0.717) is 11.8 Å². The Morgan fingerprint density at radius 1 is 0.875 bits per heavy atom. The van der Waals surface area contributed by atoms with Crippen LogP contribution in [0, 0.1) is 0 Å². The van der Waals surface area contributed by atoms with Crippen LogP contribution in [0.1, 0.15) is 12.8 Å². The van der Waals surface area contributed by atoms with Crippen molar-refractivity contribution >= 4 is 23.2 Å². The fraction of sp³-hybridized carbons (Fsp3) is 0.667. The predicted molar refractivity (Wildman–Crippen MR) is 39.8 cm³/mol. The van der Waals surface area contributed by atoms with Crippen molar-refractivity contribution in [1.82, 2.24) is 0 Å².